The highest BCUT2D eigenvalue weighted by Gasteiger charge is 2.14. The van der Waals surface area contributed by atoms with E-state index in [0.29, 0.717) is 12.1 Å². The maximum Gasteiger partial charge on any atom is 0.152 e. The number of hydrogen-bond donors (Lipinski definition) is 4. The fraction of sp³-hybridized carbons (Fsp3) is 0.318. The topological polar surface area (TPSA) is 77.4 Å². The van der Waals surface area contributed by atoms with Gasteiger partial charge >= 0.3 is 0 Å². The number of aromatic nitrogens is 1. The van der Waals surface area contributed by atoms with E-state index >= 15 is 0 Å². The van der Waals surface area contributed by atoms with Crippen molar-refractivity contribution >= 4 is 16.6 Å². The van der Waals surface area contributed by atoms with E-state index in [0.717, 1.165) is 23.2 Å². The Kier molecular flexibility index (Phi) is 5.75. The number of anilines is 1. The highest BCUT2D eigenvalue weighted by molar-refractivity contribution is 5.92. The van der Waals surface area contributed by atoms with Crippen molar-refractivity contribution in [1.29, 1.82) is 0 Å². The number of pyridine rings is 1. The van der Waals surface area contributed by atoms with Gasteiger partial charge in [-0.05, 0) is 40.7 Å². The van der Waals surface area contributed by atoms with Crippen molar-refractivity contribution in [3.05, 3.63) is 71.4 Å². The molecule has 0 radical (unpaired) electrons. The van der Waals surface area contributed by atoms with E-state index in [4.69, 9.17) is 5.21 Å². The molecule has 3 rings (SSSR count). The third kappa shape index (κ3) is 4.83. The first-order chi connectivity index (χ1) is 12.9. The molecule has 5 nitrogen and oxygen atoms in total. The monoisotopic (exact) mass is 365 g/mol. The second kappa shape index (κ2) is 8.05. The smallest absolute Gasteiger partial charge is 0.152 e. The van der Waals surface area contributed by atoms with Gasteiger partial charge in [-0.2, -0.15) is 5.48 Å². The molecule has 0 saturated heterocycles. The van der Waals surface area contributed by atoms with Gasteiger partial charge in [0.15, 0.2) is 6.23 Å². The van der Waals surface area contributed by atoms with E-state index in [-0.39, 0.29) is 5.41 Å². The van der Waals surface area contributed by atoms with E-state index in [1.54, 1.807) is 12.1 Å². The lowest BCUT2D eigenvalue weighted by molar-refractivity contribution is 0.000693. The Morgan fingerprint density at radius 1 is 1.04 bits per heavy atom. The number of hydrogen-bond acceptors (Lipinski definition) is 5. The molecule has 3 aromatic rings. The summed E-state index contributed by atoms with van der Waals surface area (Å²) in [5.74, 6) is 0. The van der Waals surface area contributed by atoms with Gasteiger partial charge in [0.2, 0.25) is 0 Å². The number of aliphatic hydroxyl groups is 1. The van der Waals surface area contributed by atoms with E-state index < -0.39 is 6.23 Å². The van der Waals surface area contributed by atoms with Crippen LogP contribution in [0.4, 0.5) is 5.69 Å². The molecule has 1 aromatic heterocycles. The van der Waals surface area contributed by atoms with Gasteiger partial charge in [-0.1, -0.05) is 57.2 Å². The highest BCUT2D eigenvalue weighted by atomic mass is 16.5. The molecule has 1 atom stereocenters. The number of nitrogens with one attached hydrogen (secondary N) is 2. The van der Waals surface area contributed by atoms with Crippen molar-refractivity contribution in [2.24, 2.45) is 5.41 Å². The summed E-state index contributed by atoms with van der Waals surface area (Å²) in [5, 5.41) is 23.0. The Balaban J connectivity index is 1.80. The maximum absolute atomic E-state index is 9.57. The number of para-hydroxylation sites is 1. The van der Waals surface area contributed by atoms with Crippen LogP contribution in [0.2, 0.25) is 0 Å². The van der Waals surface area contributed by atoms with Crippen LogP contribution in [0.5, 0.6) is 0 Å². The molecule has 0 aliphatic heterocycles. The van der Waals surface area contributed by atoms with Crippen molar-refractivity contribution in [3.8, 4) is 0 Å². The fourth-order valence-electron chi connectivity index (χ4n) is 3.19. The average Bonchev–Trinajstić information content (AvgIpc) is 2.65. The highest BCUT2D eigenvalue weighted by Crippen LogP contribution is 2.29. The van der Waals surface area contributed by atoms with Gasteiger partial charge in [-0.25, -0.2) is 0 Å². The Bertz CT molecular complexity index is 902. The van der Waals surface area contributed by atoms with Crippen LogP contribution in [0.25, 0.3) is 10.9 Å². The molecule has 5 heteroatoms. The van der Waals surface area contributed by atoms with Crippen LogP contribution in [-0.2, 0) is 13.0 Å². The molecular formula is C22H27N3O2. The van der Waals surface area contributed by atoms with Crippen LogP contribution in [0.15, 0.2) is 54.7 Å². The van der Waals surface area contributed by atoms with Crippen LogP contribution in [0.1, 0.15) is 43.7 Å². The largest absolute Gasteiger partial charge is 0.379 e. The summed E-state index contributed by atoms with van der Waals surface area (Å²) >= 11 is 0. The Hall–Kier alpha value is -2.47. The Morgan fingerprint density at radius 2 is 1.78 bits per heavy atom. The van der Waals surface area contributed by atoms with E-state index in [1.807, 2.05) is 29.9 Å². The molecular weight excluding hydrogens is 338 g/mol. The molecule has 0 fully saturated rings. The molecule has 0 saturated carbocycles. The molecule has 0 aliphatic carbocycles. The van der Waals surface area contributed by atoms with Crippen molar-refractivity contribution in [3.63, 3.8) is 0 Å². The molecule has 0 aliphatic rings. The van der Waals surface area contributed by atoms with Crippen LogP contribution in [0, 0.1) is 5.41 Å². The summed E-state index contributed by atoms with van der Waals surface area (Å²) in [4.78, 5) is 4.60. The number of hydroxylamine groups is 1. The lowest BCUT2D eigenvalue weighted by Crippen LogP contribution is -2.15. The molecule has 0 bridgehead atoms. The first-order valence-corrected chi connectivity index (χ1v) is 9.14. The van der Waals surface area contributed by atoms with Crippen molar-refractivity contribution < 1.29 is 10.3 Å². The molecule has 4 N–H and O–H groups in total. The van der Waals surface area contributed by atoms with Gasteiger partial charge < -0.3 is 15.6 Å². The third-order valence-electron chi connectivity index (χ3n) is 4.48. The molecule has 1 heterocycles. The first-order valence-electron chi connectivity index (χ1n) is 9.14. The van der Waals surface area contributed by atoms with Crippen molar-refractivity contribution in [2.75, 3.05) is 5.32 Å². The number of benzene rings is 2. The van der Waals surface area contributed by atoms with Crippen LogP contribution < -0.4 is 10.8 Å². The summed E-state index contributed by atoms with van der Waals surface area (Å²) in [6, 6.07) is 15.8. The lowest BCUT2D eigenvalue weighted by atomic mass is 9.87. The zero-order valence-corrected chi connectivity index (χ0v) is 16.0. The SMILES string of the molecule is CC(C)(C)Cc1ccnc2c(NCc3ccc(C(O)NO)cc3)cccc12. The minimum atomic E-state index is -1.07. The minimum absolute atomic E-state index is 0.216. The molecule has 1 unspecified atom stereocenters. The normalized spacial score (nSPS) is 12.9. The van der Waals surface area contributed by atoms with Gasteiger partial charge in [0, 0.05) is 18.1 Å². The Labute approximate surface area is 160 Å². The van der Waals surface area contributed by atoms with Gasteiger partial charge in [0.25, 0.3) is 0 Å². The molecule has 27 heavy (non-hydrogen) atoms. The molecule has 0 amide bonds. The van der Waals surface area contributed by atoms with Gasteiger partial charge in [-0.15, -0.1) is 0 Å². The summed E-state index contributed by atoms with van der Waals surface area (Å²) < 4.78 is 0. The second-order valence-corrected chi connectivity index (χ2v) is 8.04. The van der Waals surface area contributed by atoms with Gasteiger partial charge in [-0.3, -0.25) is 4.98 Å². The fourth-order valence-corrected chi connectivity index (χ4v) is 3.19. The summed E-state index contributed by atoms with van der Waals surface area (Å²) in [5.41, 5.74) is 7.03. The summed E-state index contributed by atoms with van der Waals surface area (Å²) in [6.45, 7) is 7.38. The van der Waals surface area contributed by atoms with E-state index in [1.165, 1.54) is 10.9 Å². The molecule has 142 valence electrons. The van der Waals surface area contributed by atoms with Gasteiger partial charge in [0.05, 0.1) is 11.2 Å². The van der Waals surface area contributed by atoms with Crippen molar-refractivity contribution in [2.45, 2.75) is 40.0 Å². The standard InChI is InChI=1S/C22H27N3O2/c1-22(2,3)13-17-11-12-23-20-18(17)5-4-6-19(20)24-14-15-7-9-16(10-8-15)21(26)25-27/h4-12,21,24-27H,13-14H2,1-3H3. The minimum Gasteiger partial charge on any atom is -0.379 e. The predicted molar refractivity (Wildman–Crippen MR) is 109 cm³/mol. The average molecular weight is 365 g/mol. The summed E-state index contributed by atoms with van der Waals surface area (Å²) in [6.07, 6.45) is 1.81. The van der Waals surface area contributed by atoms with E-state index in [9.17, 15) is 5.11 Å². The number of rotatable bonds is 6. The zero-order chi connectivity index (χ0) is 19.4. The Morgan fingerprint density at radius 3 is 2.44 bits per heavy atom. The quantitative estimate of drug-likeness (QED) is 0.385. The predicted octanol–water partition coefficient (Wildman–Crippen LogP) is 4.41. The first kappa shape index (κ1) is 19.3. The molecule has 0 spiro atoms. The number of nitrogens with zero attached hydrogens (tertiary/aromatic N) is 1. The zero-order valence-electron chi connectivity index (χ0n) is 16.0. The van der Waals surface area contributed by atoms with Crippen LogP contribution in [-0.4, -0.2) is 15.3 Å². The van der Waals surface area contributed by atoms with Crippen LogP contribution >= 0.6 is 0 Å². The summed E-state index contributed by atoms with van der Waals surface area (Å²) in [7, 11) is 0. The third-order valence-corrected chi connectivity index (χ3v) is 4.48. The number of fused-ring (bicyclic) bond motifs is 1. The number of aliphatic hydroxyl groups excluding tert-OH is 1. The van der Waals surface area contributed by atoms with Gasteiger partial charge in [0.1, 0.15) is 0 Å². The van der Waals surface area contributed by atoms with Crippen LogP contribution in [0.3, 0.4) is 0 Å². The second-order valence-electron chi connectivity index (χ2n) is 8.04. The lowest BCUT2D eigenvalue weighted by Gasteiger charge is -2.20. The maximum atomic E-state index is 9.57. The van der Waals surface area contributed by atoms with Crippen molar-refractivity contribution in [1.82, 2.24) is 10.5 Å². The molecule has 2 aromatic carbocycles. The van der Waals surface area contributed by atoms with E-state index in [2.05, 4.69) is 49.3 Å².